The maximum absolute atomic E-state index is 11.8. The third-order valence-electron chi connectivity index (χ3n) is 3.79. The van der Waals surface area contributed by atoms with Crippen molar-refractivity contribution in [1.82, 2.24) is 10.3 Å². The van der Waals surface area contributed by atoms with E-state index in [1.165, 1.54) is 0 Å². The standard InChI is InChI=1S/C17H18BrN3O2/c18-16-15(7-4-8-19-16)20-13-9-14(10-13)21-17(22)23-11-12-5-2-1-3-6-12/h1-8,13-14,20H,9-11H2,(H,21,22). The lowest BCUT2D eigenvalue weighted by Gasteiger charge is -2.36. The van der Waals surface area contributed by atoms with Gasteiger partial charge in [0.15, 0.2) is 0 Å². The monoisotopic (exact) mass is 375 g/mol. The second-order valence-electron chi connectivity index (χ2n) is 5.56. The number of carbonyl (C=O) groups is 1. The van der Waals surface area contributed by atoms with Crippen LogP contribution in [-0.4, -0.2) is 23.2 Å². The van der Waals surface area contributed by atoms with E-state index in [9.17, 15) is 4.79 Å². The molecule has 0 bridgehead atoms. The lowest BCUT2D eigenvalue weighted by molar-refractivity contribution is 0.129. The van der Waals surface area contributed by atoms with E-state index < -0.39 is 0 Å². The lowest BCUT2D eigenvalue weighted by atomic mass is 9.87. The van der Waals surface area contributed by atoms with Gasteiger partial charge in [0.25, 0.3) is 0 Å². The Balaban J connectivity index is 1.37. The average Bonchev–Trinajstić information content (AvgIpc) is 2.54. The summed E-state index contributed by atoms with van der Waals surface area (Å²) < 4.78 is 6.02. The number of anilines is 1. The molecule has 3 rings (SSSR count). The van der Waals surface area contributed by atoms with Gasteiger partial charge < -0.3 is 15.4 Å². The van der Waals surface area contributed by atoms with Crippen molar-refractivity contribution >= 4 is 27.7 Å². The van der Waals surface area contributed by atoms with Crippen molar-refractivity contribution in [3.63, 3.8) is 0 Å². The Bertz CT molecular complexity index is 660. The fourth-order valence-corrected chi connectivity index (χ4v) is 2.86. The lowest BCUT2D eigenvalue weighted by Crippen LogP contribution is -2.49. The highest BCUT2D eigenvalue weighted by Gasteiger charge is 2.31. The van der Waals surface area contributed by atoms with E-state index in [0.717, 1.165) is 28.7 Å². The largest absolute Gasteiger partial charge is 0.445 e. The molecule has 1 aliphatic carbocycles. The molecular weight excluding hydrogens is 358 g/mol. The van der Waals surface area contributed by atoms with Crippen LogP contribution in [0.15, 0.2) is 53.3 Å². The molecule has 23 heavy (non-hydrogen) atoms. The highest BCUT2D eigenvalue weighted by atomic mass is 79.9. The van der Waals surface area contributed by atoms with Gasteiger partial charge in [-0.15, -0.1) is 0 Å². The van der Waals surface area contributed by atoms with Crippen LogP contribution in [0.3, 0.4) is 0 Å². The number of rotatable bonds is 5. The summed E-state index contributed by atoms with van der Waals surface area (Å²) >= 11 is 3.41. The Labute approximate surface area is 143 Å². The molecule has 1 fully saturated rings. The van der Waals surface area contributed by atoms with E-state index in [2.05, 4.69) is 31.5 Å². The highest BCUT2D eigenvalue weighted by molar-refractivity contribution is 9.10. The quantitative estimate of drug-likeness (QED) is 0.781. The first kappa shape index (κ1) is 15.8. The van der Waals surface area contributed by atoms with Crippen LogP contribution in [0, 0.1) is 0 Å². The second kappa shape index (κ2) is 7.46. The number of hydrogen-bond acceptors (Lipinski definition) is 4. The Kier molecular flexibility index (Phi) is 5.12. The van der Waals surface area contributed by atoms with Gasteiger partial charge in [-0.05, 0) is 46.5 Å². The van der Waals surface area contributed by atoms with Crippen LogP contribution in [0.5, 0.6) is 0 Å². The van der Waals surface area contributed by atoms with Crippen molar-refractivity contribution in [3.8, 4) is 0 Å². The van der Waals surface area contributed by atoms with Crippen LogP contribution in [0.1, 0.15) is 18.4 Å². The van der Waals surface area contributed by atoms with Crippen molar-refractivity contribution in [2.45, 2.75) is 31.5 Å². The van der Waals surface area contributed by atoms with E-state index in [0.29, 0.717) is 12.6 Å². The molecule has 6 heteroatoms. The minimum Gasteiger partial charge on any atom is -0.445 e. The molecule has 1 aromatic carbocycles. The Morgan fingerprint density at radius 3 is 2.70 bits per heavy atom. The Morgan fingerprint density at radius 1 is 1.17 bits per heavy atom. The van der Waals surface area contributed by atoms with E-state index in [1.807, 2.05) is 42.5 Å². The van der Waals surface area contributed by atoms with Crippen molar-refractivity contribution in [1.29, 1.82) is 0 Å². The summed E-state index contributed by atoms with van der Waals surface area (Å²) in [6.45, 7) is 0.295. The molecule has 5 nitrogen and oxygen atoms in total. The smallest absolute Gasteiger partial charge is 0.407 e. The van der Waals surface area contributed by atoms with E-state index in [4.69, 9.17) is 4.74 Å². The predicted octanol–water partition coefficient (Wildman–Crippen LogP) is 3.71. The van der Waals surface area contributed by atoms with Gasteiger partial charge in [-0.1, -0.05) is 30.3 Å². The molecule has 2 N–H and O–H groups in total. The van der Waals surface area contributed by atoms with Crippen LogP contribution < -0.4 is 10.6 Å². The molecule has 0 unspecified atom stereocenters. The number of hydrogen-bond donors (Lipinski definition) is 2. The third-order valence-corrected chi connectivity index (χ3v) is 4.42. The maximum Gasteiger partial charge on any atom is 0.407 e. The summed E-state index contributed by atoms with van der Waals surface area (Å²) in [6, 6.07) is 14.0. The molecule has 0 atom stereocenters. The predicted molar refractivity (Wildman–Crippen MR) is 92.1 cm³/mol. The first-order chi connectivity index (χ1) is 11.2. The Hall–Kier alpha value is -2.08. The van der Waals surface area contributed by atoms with Crippen molar-refractivity contribution in [2.75, 3.05) is 5.32 Å². The number of alkyl carbamates (subject to hydrolysis) is 1. The normalized spacial score (nSPS) is 19.5. The van der Waals surface area contributed by atoms with Crippen molar-refractivity contribution < 1.29 is 9.53 Å². The summed E-state index contributed by atoms with van der Waals surface area (Å²) in [5, 5.41) is 6.29. The van der Waals surface area contributed by atoms with Crippen LogP contribution in [0.25, 0.3) is 0 Å². The van der Waals surface area contributed by atoms with Gasteiger partial charge in [0.1, 0.15) is 11.2 Å². The minimum atomic E-state index is -0.361. The van der Waals surface area contributed by atoms with Crippen LogP contribution in [0.4, 0.5) is 10.5 Å². The Morgan fingerprint density at radius 2 is 1.96 bits per heavy atom. The molecule has 0 aliphatic heterocycles. The molecule has 0 radical (unpaired) electrons. The summed E-state index contributed by atoms with van der Waals surface area (Å²) in [6.07, 6.45) is 3.13. The van der Waals surface area contributed by atoms with Crippen LogP contribution in [-0.2, 0) is 11.3 Å². The zero-order chi connectivity index (χ0) is 16.1. The van der Waals surface area contributed by atoms with Crippen molar-refractivity contribution in [2.24, 2.45) is 0 Å². The number of nitrogens with zero attached hydrogens (tertiary/aromatic N) is 1. The molecule has 0 saturated heterocycles. The molecule has 1 saturated carbocycles. The number of pyridine rings is 1. The fraction of sp³-hybridized carbons (Fsp3) is 0.294. The molecule has 1 aromatic heterocycles. The summed E-state index contributed by atoms with van der Waals surface area (Å²) in [5.41, 5.74) is 1.96. The van der Waals surface area contributed by atoms with E-state index in [1.54, 1.807) is 6.20 Å². The number of carbonyl (C=O) groups excluding carboxylic acids is 1. The minimum absolute atomic E-state index is 0.159. The van der Waals surface area contributed by atoms with Gasteiger partial charge in [0, 0.05) is 18.3 Å². The highest BCUT2D eigenvalue weighted by Crippen LogP contribution is 2.27. The second-order valence-corrected chi connectivity index (χ2v) is 6.31. The first-order valence-electron chi connectivity index (χ1n) is 7.55. The van der Waals surface area contributed by atoms with E-state index >= 15 is 0 Å². The zero-order valence-corrected chi connectivity index (χ0v) is 14.1. The molecule has 0 spiro atoms. The molecule has 120 valence electrons. The number of nitrogens with one attached hydrogen (secondary N) is 2. The molecule has 1 heterocycles. The van der Waals surface area contributed by atoms with Crippen molar-refractivity contribution in [3.05, 3.63) is 58.8 Å². The average molecular weight is 376 g/mol. The molecular formula is C17H18BrN3O2. The molecule has 1 amide bonds. The first-order valence-corrected chi connectivity index (χ1v) is 8.34. The number of amides is 1. The van der Waals surface area contributed by atoms with Gasteiger partial charge in [-0.2, -0.15) is 0 Å². The fourth-order valence-electron chi connectivity index (χ4n) is 2.50. The summed E-state index contributed by atoms with van der Waals surface area (Å²) in [4.78, 5) is 15.9. The number of benzene rings is 1. The van der Waals surface area contributed by atoms with Gasteiger partial charge in [-0.3, -0.25) is 0 Å². The van der Waals surface area contributed by atoms with Gasteiger partial charge >= 0.3 is 6.09 Å². The van der Waals surface area contributed by atoms with Gasteiger partial charge in [0.05, 0.1) is 5.69 Å². The third kappa shape index (κ3) is 4.45. The number of aromatic nitrogens is 1. The van der Waals surface area contributed by atoms with Gasteiger partial charge in [0.2, 0.25) is 0 Å². The molecule has 1 aliphatic rings. The van der Waals surface area contributed by atoms with E-state index in [-0.39, 0.29) is 12.1 Å². The summed E-state index contributed by atoms with van der Waals surface area (Å²) in [5.74, 6) is 0. The van der Waals surface area contributed by atoms with Gasteiger partial charge in [-0.25, -0.2) is 9.78 Å². The zero-order valence-electron chi connectivity index (χ0n) is 12.5. The SMILES string of the molecule is O=C(NC1CC(Nc2cccnc2Br)C1)OCc1ccccc1. The molecule has 2 aromatic rings. The number of ether oxygens (including phenoxy) is 1. The van der Waals surface area contributed by atoms with Crippen LogP contribution >= 0.6 is 15.9 Å². The number of halogens is 1. The van der Waals surface area contributed by atoms with Crippen LogP contribution in [0.2, 0.25) is 0 Å². The summed E-state index contributed by atoms with van der Waals surface area (Å²) in [7, 11) is 0. The topological polar surface area (TPSA) is 63.2 Å². The maximum atomic E-state index is 11.8.